The Hall–Kier alpha value is -2.05. The Kier molecular flexibility index (Phi) is 4.30. The van der Waals surface area contributed by atoms with Gasteiger partial charge in [0.25, 0.3) is 12.1 Å². The van der Waals surface area contributed by atoms with Gasteiger partial charge in [-0.25, -0.2) is 8.78 Å². The molecule has 0 saturated heterocycles. The molecule has 0 amide bonds. The molecule has 0 atom stereocenters. The summed E-state index contributed by atoms with van der Waals surface area (Å²) in [6.45, 7) is 2.83. The Morgan fingerprint density at radius 3 is 2.50 bits per heavy atom. The number of ether oxygens (including phenoxy) is 1. The predicted molar refractivity (Wildman–Crippen MR) is 59.2 cm³/mol. The minimum atomic E-state index is -2.91. The topological polar surface area (TPSA) is 69.4 Å². The van der Waals surface area contributed by atoms with E-state index in [-0.39, 0.29) is 17.9 Å². The number of nitro benzene ring substituents is 1. The van der Waals surface area contributed by atoms with E-state index >= 15 is 0 Å². The summed E-state index contributed by atoms with van der Waals surface area (Å²) < 4.78 is 30.4. The number of nitro groups is 1. The normalized spacial score (nSPS) is 10.5. The zero-order chi connectivity index (χ0) is 13.9. The molecule has 0 fully saturated rings. The van der Waals surface area contributed by atoms with Crippen LogP contribution in [0.3, 0.4) is 0 Å². The van der Waals surface area contributed by atoms with Gasteiger partial charge in [-0.15, -0.1) is 0 Å². The summed E-state index contributed by atoms with van der Waals surface area (Å²) in [5.41, 5.74) is -1.47. The number of halogens is 2. The third-order valence-electron chi connectivity index (χ3n) is 2.24. The molecule has 0 heterocycles. The lowest BCUT2D eigenvalue weighted by Crippen LogP contribution is -2.05. The molecule has 7 heteroatoms. The largest absolute Gasteiger partial charge is 0.493 e. The van der Waals surface area contributed by atoms with Gasteiger partial charge in [0, 0.05) is 6.07 Å². The van der Waals surface area contributed by atoms with Gasteiger partial charge < -0.3 is 4.74 Å². The molecule has 1 rings (SSSR count). The highest BCUT2D eigenvalue weighted by Gasteiger charge is 2.25. The van der Waals surface area contributed by atoms with E-state index in [2.05, 4.69) is 0 Å². The molecule has 0 bridgehead atoms. The number of benzene rings is 1. The maximum atomic E-state index is 12.7. The molecule has 0 aromatic heterocycles. The number of carbonyl (C=O) groups excluding carboxylic acids is 1. The number of alkyl halides is 2. The first-order valence-corrected chi connectivity index (χ1v) is 5.12. The van der Waals surface area contributed by atoms with Gasteiger partial charge in [0.1, 0.15) is 5.75 Å². The molecule has 0 unspecified atom stereocenters. The van der Waals surface area contributed by atoms with Crippen molar-refractivity contribution in [2.45, 2.75) is 20.3 Å². The van der Waals surface area contributed by atoms with E-state index in [0.29, 0.717) is 6.07 Å². The van der Waals surface area contributed by atoms with Crippen molar-refractivity contribution in [3.8, 4) is 5.75 Å². The van der Waals surface area contributed by atoms with Crippen LogP contribution in [0.25, 0.3) is 0 Å². The van der Waals surface area contributed by atoms with Gasteiger partial charge in [-0.2, -0.15) is 0 Å². The molecular weight excluding hydrogens is 248 g/mol. The molecule has 0 saturated carbocycles. The lowest BCUT2D eigenvalue weighted by Gasteiger charge is -2.11. The van der Waals surface area contributed by atoms with E-state index in [0.717, 1.165) is 13.0 Å². The van der Waals surface area contributed by atoms with Crippen LogP contribution in [0.15, 0.2) is 12.1 Å². The highest BCUT2D eigenvalue weighted by atomic mass is 19.3. The number of hydrogen-bond donors (Lipinski definition) is 0. The molecule has 1 aromatic carbocycles. The van der Waals surface area contributed by atoms with Gasteiger partial charge in [-0.1, -0.05) is 0 Å². The maximum absolute atomic E-state index is 12.7. The molecule has 0 aliphatic rings. The highest BCUT2D eigenvalue weighted by molar-refractivity contribution is 5.98. The van der Waals surface area contributed by atoms with Crippen molar-refractivity contribution in [2.75, 3.05) is 6.61 Å². The van der Waals surface area contributed by atoms with Crippen LogP contribution in [-0.2, 0) is 0 Å². The second-order valence-electron chi connectivity index (χ2n) is 3.45. The second-order valence-corrected chi connectivity index (χ2v) is 3.45. The molecular formula is C11H11F2NO4. The van der Waals surface area contributed by atoms with Gasteiger partial charge in [-0.3, -0.25) is 14.9 Å². The first kappa shape index (κ1) is 14.0. The first-order valence-electron chi connectivity index (χ1n) is 5.12. The number of nitrogens with zero attached hydrogens (tertiary/aromatic N) is 1. The third kappa shape index (κ3) is 2.79. The highest BCUT2D eigenvalue weighted by Crippen LogP contribution is 2.35. The number of Topliss-reactive ketones (excluding diaryl/α,β-unsaturated/α-hetero) is 1. The minimum Gasteiger partial charge on any atom is -0.493 e. The standard InChI is InChI=1S/C11H11F2NO4/c1-3-18-10-5-7(6(2)15)9(14(16)17)4-8(10)11(12)13/h4-5,11H,3H2,1-2H3. The van der Waals surface area contributed by atoms with Crippen molar-refractivity contribution in [1.29, 1.82) is 0 Å². The summed E-state index contributed by atoms with van der Waals surface area (Å²) in [6.07, 6.45) is -2.91. The molecule has 0 aliphatic carbocycles. The Morgan fingerprint density at radius 2 is 2.11 bits per heavy atom. The number of hydrogen-bond acceptors (Lipinski definition) is 4. The molecule has 18 heavy (non-hydrogen) atoms. The third-order valence-corrected chi connectivity index (χ3v) is 2.24. The Morgan fingerprint density at radius 1 is 1.50 bits per heavy atom. The molecule has 98 valence electrons. The lowest BCUT2D eigenvalue weighted by atomic mass is 10.0. The fraction of sp³-hybridized carbons (Fsp3) is 0.364. The SMILES string of the molecule is CCOc1cc(C(C)=O)c([N+](=O)[O-])cc1C(F)F. The Balaban J connectivity index is 3.49. The molecule has 0 spiro atoms. The van der Waals surface area contributed by atoms with E-state index in [1.54, 1.807) is 6.92 Å². The van der Waals surface area contributed by atoms with Crippen molar-refractivity contribution in [3.05, 3.63) is 33.4 Å². The Labute approximate surface area is 102 Å². The van der Waals surface area contributed by atoms with Crippen LogP contribution in [0.1, 0.15) is 36.2 Å². The van der Waals surface area contributed by atoms with E-state index in [1.165, 1.54) is 0 Å². The van der Waals surface area contributed by atoms with Crippen LogP contribution in [0.2, 0.25) is 0 Å². The van der Waals surface area contributed by atoms with Crippen molar-refractivity contribution in [1.82, 2.24) is 0 Å². The molecule has 0 aliphatic heterocycles. The van der Waals surface area contributed by atoms with Gasteiger partial charge in [0.2, 0.25) is 0 Å². The van der Waals surface area contributed by atoms with Crippen LogP contribution in [0.4, 0.5) is 14.5 Å². The predicted octanol–water partition coefficient (Wildman–Crippen LogP) is 3.13. The van der Waals surface area contributed by atoms with Gasteiger partial charge >= 0.3 is 0 Å². The number of carbonyl (C=O) groups is 1. The Bertz CT molecular complexity index is 488. The second kappa shape index (κ2) is 5.52. The van der Waals surface area contributed by atoms with Crippen LogP contribution in [0, 0.1) is 10.1 Å². The first-order chi connectivity index (χ1) is 8.38. The monoisotopic (exact) mass is 259 g/mol. The van der Waals surface area contributed by atoms with Crippen LogP contribution in [0.5, 0.6) is 5.75 Å². The van der Waals surface area contributed by atoms with E-state index in [9.17, 15) is 23.7 Å². The van der Waals surface area contributed by atoms with Crippen LogP contribution in [-0.4, -0.2) is 17.3 Å². The summed E-state index contributed by atoms with van der Waals surface area (Å²) in [5, 5.41) is 10.7. The number of rotatable bonds is 5. The fourth-order valence-corrected chi connectivity index (χ4v) is 1.47. The summed E-state index contributed by atoms with van der Waals surface area (Å²) >= 11 is 0. The lowest BCUT2D eigenvalue weighted by molar-refractivity contribution is -0.385. The van der Waals surface area contributed by atoms with Crippen molar-refractivity contribution in [2.24, 2.45) is 0 Å². The summed E-state index contributed by atoms with van der Waals surface area (Å²) in [4.78, 5) is 21.1. The maximum Gasteiger partial charge on any atom is 0.280 e. The fourth-order valence-electron chi connectivity index (χ4n) is 1.47. The van der Waals surface area contributed by atoms with E-state index in [1.807, 2.05) is 0 Å². The van der Waals surface area contributed by atoms with Crippen molar-refractivity contribution < 1.29 is 23.2 Å². The molecule has 1 aromatic rings. The van der Waals surface area contributed by atoms with Crippen LogP contribution < -0.4 is 4.74 Å². The molecule has 5 nitrogen and oxygen atoms in total. The summed E-state index contributed by atoms with van der Waals surface area (Å²) in [7, 11) is 0. The smallest absolute Gasteiger partial charge is 0.280 e. The quantitative estimate of drug-likeness (QED) is 0.462. The molecule has 0 radical (unpaired) electrons. The van der Waals surface area contributed by atoms with Crippen molar-refractivity contribution >= 4 is 11.5 Å². The summed E-state index contributed by atoms with van der Waals surface area (Å²) in [6, 6.07) is 1.68. The number of ketones is 1. The zero-order valence-electron chi connectivity index (χ0n) is 9.78. The van der Waals surface area contributed by atoms with Gasteiger partial charge in [0.15, 0.2) is 5.78 Å². The van der Waals surface area contributed by atoms with E-state index < -0.39 is 28.4 Å². The van der Waals surface area contributed by atoms with Gasteiger partial charge in [0.05, 0.1) is 22.7 Å². The van der Waals surface area contributed by atoms with Gasteiger partial charge in [-0.05, 0) is 19.9 Å². The summed E-state index contributed by atoms with van der Waals surface area (Å²) in [5.74, 6) is -0.785. The van der Waals surface area contributed by atoms with Crippen molar-refractivity contribution in [3.63, 3.8) is 0 Å². The van der Waals surface area contributed by atoms with E-state index in [4.69, 9.17) is 4.74 Å². The minimum absolute atomic E-state index is 0.120. The van der Waals surface area contributed by atoms with Crippen LogP contribution >= 0.6 is 0 Å². The average molecular weight is 259 g/mol. The zero-order valence-corrected chi connectivity index (χ0v) is 9.78. The molecule has 0 N–H and O–H groups in total. The average Bonchev–Trinajstić information content (AvgIpc) is 2.28.